The number of ether oxygens (including phenoxy) is 3. The van der Waals surface area contributed by atoms with Gasteiger partial charge in [-0.05, 0) is 12.5 Å². The molecule has 0 aliphatic carbocycles. The lowest BCUT2D eigenvalue weighted by atomic mass is 10.1. The lowest BCUT2D eigenvalue weighted by molar-refractivity contribution is 0.0738. The number of carbonyl (C=O) groups excluding carboxylic acids is 1. The van der Waals surface area contributed by atoms with E-state index < -0.39 is 0 Å². The van der Waals surface area contributed by atoms with Gasteiger partial charge in [-0.2, -0.15) is 0 Å². The molecule has 0 aliphatic rings. The van der Waals surface area contributed by atoms with E-state index in [0.717, 1.165) is 5.56 Å². The summed E-state index contributed by atoms with van der Waals surface area (Å²) >= 11 is 0. The summed E-state index contributed by atoms with van der Waals surface area (Å²) in [5.41, 5.74) is 1.49. The first-order valence-corrected chi connectivity index (χ1v) is 7.65. The Morgan fingerprint density at radius 3 is 2.00 bits per heavy atom. The van der Waals surface area contributed by atoms with E-state index in [1.165, 1.54) is 14.2 Å². The molecule has 128 valence electrons. The highest BCUT2D eigenvalue weighted by atomic mass is 16.5. The molecule has 1 atom stereocenters. The van der Waals surface area contributed by atoms with Gasteiger partial charge in [0.15, 0.2) is 11.5 Å². The fraction of sp³-hybridized carbons (Fsp3) is 0.316. The van der Waals surface area contributed by atoms with Gasteiger partial charge in [-0.15, -0.1) is 0 Å². The minimum atomic E-state index is -0.149. The van der Waals surface area contributed by atoms with E-state index >= 15 is 0 Å². The van der Waals surface area contributed by atoms with Gasteiger partial charge < -0.3 is 19.1 Å². The van der Waals surface area contributed by atoms with E-state index in [4.69, 9.17) is 14.2 Å². The maximum Gasteiger partial charge on any atom is 0.258 e. The third-order valence-corrected chi connectivity index (χ3v) is 4.12. The van der Waals surface area contributed by atoms with Gasteiger partial charge in [0.25, 0.3) is 5.91 Å². The smallest absolute Gasteiger partial charge is 0.258 e. The zero-order valence-corrected chi connectivity index (χ0v) is 14.7. The number of methoxy groups -OCH3 is 3. The van der Waals surface area contributed by atoms with Crippen molar-refractivity contribution >= 4 is 5.91 Å². The fourth-order valence-electron chi connectivity index (χ4n) is 2.52. The van der Waals surface area contributed by atoms with Crippen molar-refractivity contribution < 1.29 is 19.0 Å². The van der Waals surface area contributed by atoms with Gasteiger partial charge in [-0.3, -0.25) is 4.79 Å². The Bertz CT molecular complexity index is 700. The van der Waals surface area contributed by atoms with Crippen LogP contribution in [0.1, 0.15) is 28.9 Å². The number of rotatable bonds is 6. The van der Waals surface area contributed by atoms with Crippen LogP contribution in [0.5, 0.6) is 17.2 Å². The molecular weight excluding hydrogens is 306 g/mol. The molecule has 2 aromatic rings. The van der Waals surface area contributed by atoms with Crippen LogP contribution >= 0.6 is 0 Å². The highest BCUT2D eigenvalue weighted by molar-refractivity contribution is 5.98. The number of benzene rings is 2. The standard InChI is InChI=1S/C19H23NO4/c1-13(14-9-7-6-8-10-14)20(2)19(21)15-11-17(23-4)18(24-5)12-16(15)22-3/h6-13H,1-5H3. The van der Waals surface area contributed by atoms with E-state index in [9.17, 15) is 4.79 Å². The number of nitrogens with zero attached hydrogens (tertiary/aromatic N) is 1. The van der Waals surface area contributed by atoms with Crippen molar-refractivity contribution in [1.82, 2.24) is 4.90 Å². The van der Waals surface area contributed by atoms with Crippen molar-refractivity contribution in [3.63, 3.8) is 0 Å². The van der Waals surface area contributed by atoms with E-state index in [1.807, 2.05) is 37.3 Å². The topological polar surface area (TPSA) is 48.0 Å². The van der Waals surface area contributed by atoms with Gasteiger partial charge in [0.05, 0.1) is 32.9 Å². The number of carbonyl (C=O) groups is 1. The molecule has 2 aromatic carbocycles. The summed E-state index contributed by atoms with van der Waals surface area (Å²) in [6.07, 6.45) is 0. The first kappa shape index (κ1) is 17.7. The van der Waals surface area contributed by atoms with Gasteiger partial charge in [0.1, 0.15) is 5.75 Å². The molecule has 0 heterocycles. The van der Waals surface area contributed by atoms with E-state index in [1.54, 1.807) is 31.2 Å². The zero-order valence-electron chi connectivity index (χ0n) is 14.7. The summed E-state index contributed by atoms with van der Waals surface area (Å²) < 4.78 is 15.9. The molecule has 0 aliphatic heterocycles. The van der Waals surface area contributed by atoms with Crippen LogP contribution in [-0.4, -0.2) is 39.2 Å². The van der Waals surface area contributed by atoms with Crippen LogP contribution < -0.4 is 14.2 Å². The van der Waals surface area contributed by atoms with E-state index in [0.29, 0.717) is 22.8 Å². The molecule has 1 unspecified atom stereocenters. The Morgan fingerprint density at radius 1 is 0.917 bits per heavy atom. The van der Waals surface area contributed by atoms with Crippen LogP contribution in [-0.2, 0) is 0 Å². The molecule has 0 radical (unpaired) electrons. The minimum absolute atomic E-state index is 0.0727. The highest BCUT2D eigenvalue weighted by Gasteiger charge is 2.24. The molecule has 1 amide bonds. The molecule has 0 bridgehead atoms. The highest BCUT2D eigenvalue weighted by Crippen LogP contribution is 2.36. The largest absolute Gasteiger partial charge is 0.496 e. The molecule has 0 fully saturated rings. The van der Waals surface area contributed by atoms with Crippen LogP contribution in [0, 0.1) is 0 Å². The first-order chi connectivity index (χ1) is 11.5. The lowest BCUT2D eigenvalue weighted by Crippen LogP contribution is -2.30. The molecule has 24 heavy (non-hydrogen) atoms. The van der Waals surface area contributed by atoms with Crippen LogP contribution in [0.25, 0.3) is 0 Å². The second kappa shape index (κ2) is 7.73. The maximum absolute atomic E-state index is 13.0. The normalized spacial score (nSPS) is 11.5. The van der Waals surface area contributed by atoms with Gasteiger partial charge in [-0.25, -0.2) is 0 Å². The van der Waals surface area contributed by atoms with Crippen molar-refractivity contribution in [2.75, 3.05) is 28.4 Å². The fourth-order valence-corrected chi connectivity index (χ4v) is 2.52. The van der Waals surface area contributed by atoms with Gasteiger partial charge in [0, 0.05) is 19.2 Å². The lowest BCUT2D eigenvalue weighted by Gasteiger charge is -2.26. The Morgan fingerprint density at radius 2 is 1.46 bits per heavy atom. The molecule has 5 heteroatoms. The van der Waals surface area contributed by atoms with Crippen molar-refractivity contribution in [1.29, 1.82) is 0 Å². The molecule has 0 spiro atoms. The predicted octanol–water partition coefficient (Wildman–Crippen LogP) is 3.55. The SMILES string of the molecule is COc1cc(OC)c(C(=O)N(C)C(C)c2ccccc2)cc1OC. The first-order valence-electron chi connectivity index (χ1n) is 7.65. The summed E-state index contributed by atoms with van der Waals surface area (Å²) in [7, 11) is 6.38. The number of amides is 1. The Hall–Kier alpha value is -2.69. The number of hydrogen-bond donors (Lipinski definition) is 0. The van der Waals surface area contributed by atoms with Gasteiger partial charge in [-0.1, -0.05) is 30.3 Å². The average molecular weight is 329 g/mol. The third kappa shape index (κ3) is 3.45. The summed E-state index contributed by atoms with van der Waals surface area (Å²) in [5.74, 6) is 1.31. The zero-order chi connectivity index (χ0) is 17.7. The van der Waals surface area contributed by atoms with Crippen LogP contribution in [0.2, 0.25) is 0 Å². The molecule has 2 rings (SSSR count). The van der Waals surface area contributed by atoms with Gasteiger partial charge >= 0.3 is 0 Å². The van der Waals surface area contributed by atoms with E-state index in [2.05, 4.69) is 0 Å². The van der Waals surface area contributed by atoms with Crippen molar-refractivity contribution in [3.05, 3.63) is 53.6 Å². The molecule has 0 N–H and O–H groups in total. The molecule has 5 nitrogen and oxygen atoms in total. The minimum Gasteiger partial charge on any atom is -0.496 e. The Labute approximate surface area is 142 Å². The average Bonchev–Trinajstić information content (AvgIpc) is 2.65. The Kier molecular flexibility index (Phi) is 5.68. The molecular formula is C19H23NO4. The van der Waals surface area contributed by atoms with Gasteiger partial charge in [0.2, 0.25) is 0 Å². The maximum atomic E-state index is 13.0. The van der Waals surface area contributed by atoms with Crippen molar-refractivity contribution in [3.8, 4) is 17.2 Å². The third-order valence-electron chi connectivity index (χ3n) is 4.12. The molecule has 0 saturated heterocycles. The monoisotopic (exact) mass is 329 g/mol. The summed E-state index contributed by atoms with van der Waals surface area (Å²) in [6.45, 7) is 1.99. The van der Waals surface area contributed by atoms with Crippen LogP contribution in [0.15, 0.2) is 42.5 Å². The quantitative estimate of drug-likeness (QED) is 0.813. The van der Waals surface area contributed by atoms with Crippen LogP contribution in [0.3, 0.4) is 0 Å². The van der Waals surface area contributed by atoms with Crippen molar-refractivity contribution in [2.45, 2.75) is 13.0 Å². The van der Waals surface area contributed by atoms with Crippen molar-refractivity contribution in [2.24, 2.45) is 0 Å². The second-order valence-electron chi connectivity index (χ2n) is 5.41. The summed E-state index contributed by atoms with van der Waals surface area (Å²) in [4.78, 5) is 14.6. The molecule has 0 aromatic heterocycles. The molecule has 0 saturated carbocycles. The number of hydrogen-bond acceptors (Lipinski definition) is 4. The Balaban J connectivity index is 2.37. The second-order valence-corrected chi connectivity index (χ2v) is 5.41. The van der Waals surface area contributed by atoms with Crippen LogP contribution in [0.4, 0.5) is 0 Å². The predicted molar refractivity (Wildman–Crippen MR) is 93.0 cm³/mol. The summed E-state index contributed by atoms with van der Waals surface area (Å²) in [5, 5.41) is 0. The van der Waals surface area contributed by atoms with E-state index in [-0.39, 0.29) is 11.9 Å². The summed E-state index contributed by atoms with van der Waals surface area (Å²) in [6, 6.07) is 13.1.